The first-order valence-corrected chi connectivity index (χ1v) is 11.2. The molecule has 1 heterocycles. The number of carbonyl (C=O) groups is 3. The van der Waals surface area contributed by atoms with E-state index in [0.717, 1.165) is 12.3 Å². The van der Waals surface area contributed by atoms with Gasteiger partial charge in [0.1, 0.15) is 0 Å². The number of hydrazone groups is 1. The lowest BCUT2D eigenvalue weighted by atomic mass is 10.1. The van der Waals surface area contributed by atoms with E-state index in [-0.39, 0.29) is 28.5 Å². The van der Waals surface area contributed by atoms with Crippen LogP contribution < -0.4 is 15.5 Å². The average molecular weight is 533 g/mol. The number of carbonyl (C=O) groups excluding carboxylic acids is 3. The maximum absolute atomic E-state index is 12.5. The first-order valence-electron chi connectivity index (χ1n) is 10.9. The van der Waals surface area contributed by atoms with E-state index in [2.05, 4.69) is 15.8 Å². The number of anilines is 1. The molecule has 4 rings (SSSR count). The van der Waals surface area contributed by atoms with Crippen LogP contribution in [0, 0.1) is 10.1 Å². The Kier molecular flexibility index (Phi) is 7.89. The Labute approximate surface area is 219 Å². The van der Waals surface area contributed by atoms with E-state index in [9.17, 15) is 24.5 Å². The highest BCUT2D eigenvalue weighted by molar-refractivity contribution is 6.30. The van der Waals surface area contributed by atoms with Crippen LogP contribution in [0.2, 0.25) is 5.02 Å². The first-order chi connectivity index (χ1) is 18.3. The van der Waals surface area contributed by atoms with Gasteiger partial charge >= 0.3 is 11.7 Å². The second-order valence-corrected chi connectivity index (χ2v) is 7.99. The van der Waals surface area contributed by atoms with E-state index < -0.39 is 22.5 Å². The summed E-state index contributed by atoms with van der Waals surface area (Å²) in [6.07, 6.45) is 2.37. The summed E-state index contributed by atoms with van der Waals surface area (Å²) in [7, 11) is 0. The standard InChI is InChI=1S/C26H17ClN4O7/c27-19-10-6-16(7-11-19)24(32)29-20-12-8-17(9-13-20)25(33)30-28-15-18-3-1-4-21(31(35)36)23(18)38-26(34)22-5-2-14-37-22/h1-15H,(H,29,32)(H,30,33)/b28-15+. The largest absolute Gasteiger partial charge is 0.457 e. The second-order valence-electron chi connectivity index (χ2n) is 7.56. The number of hydrogen-bond donors (Lipinski definition) is 2. The molecule has 0 atom stereocenters. The number of nitro benzene ring substituents is 1. The Morgan fingerprint density at radius 1 is 0.921 bits per heavy atom. The molecule has 0 aliphatic carbocycles. The van der Waals surface area contributed by atoms with Crippen molar-refractivity contribution >= 4 is 47.0 Å². The summed E-state index contributed by atoms with van der Waals surface area (Å²) < 4.78 is 10.2. The van der Waals surface area contributed by atoms with Gasteiger partial charge in [0.25, 0.3) is 11.8 Å². The number of furan rings is 1. The third-order valence-corrected chi connectivity index (χ3v) is 5.27. The minimum Gasteiger partial charge on any atom is -0.457 e. The average Bonchev–Trinajstić information content (AvgIpc) is 3.45. The summed E-state index contributed by atoms with van der Waals surface area (Å²) in [6, 6.07) is 19.2. The number of nitro groups is 1. The molecule has 0 aliphatic heterocycles. The number of nitrogens with one attached hydrogen (secondary N) is 2. The molecule has 2 N–H and O–H groups in total. The van der Waals surface area contributed by atoms with Gasteiger partial charge in [-0.05, 0) is 66.7 Å². The number of amides is 2. The first kappa shape index (κ1) is 25.8. The Bertz CT molecular complexity index is 1520. The third kappa shape index (κ3) is 6.28. The summed E-state index contributed by atoms with van der Waals surface area (Å²) in [4.78, 5) is 47.8. The Morgan fingerprint density at radius 3 is 2.26 bits per heavy atom. The molecular weight excluding hydrogens is 516 g/mol. The number of rotatable bonds is 8. The fourth-order valence-electron chi connectivity index (χ4n) is 3.17. The van der Waals surface area contributed by atoms with Crippen LogP contribution in [0.3, 0.4) is 0 Å². The van der Waals surface area contributed by atoms with E-state index in [1.807, 2.05) is 0 Å². The number of para-hydroxylation sites is 1. The van der Waals surface area contributed by atoms with Crippen LogP contribution in [0.1, 0.15) is 36.8 Å². The van der Waals surface area contributed by atoms with E-state index in [4.69, 9.17) is 20.8 Å². The Hall–Kier alpha value is -5.29. The number of benzene rings is 3. The lowest BCUT2D eigenvalue weighted by Crippen LogP contribution is -2.18. The van der Waals surface area contributed by atoms with Gasteiger partial charge in [-0.3, -0.25) is 19.7 Å². The molecule has 0 aliphatic rings. The van der Waals surface area contributed by atoms with Crippen molar-refractivity contribution < 1.29 is 28.5 Å². The van der Waals surface area contributed by atoms with Gasteiger partial charge in [0.2, 0.25) is 11.5 Å². The lowest BCUT2D eigenvalue weighted by Gasteiger charge is -2.07. The number of esters is 1. The van der Waals surface area contributed by atoms with Gasteiger partial charge in [0.15, 0.2) is 0 Å². The molecule has 12 heteroatoms. The molecule has 0 saturated carbocycles. The van der Waals surface area contributed by atoms with Crippen LogP contribution in [-0.2, 0) is 0 Å². The van der Waals surface area contributed by atoms with Gasteiger partial charge in [-0.15, -0.1) is 0 Å². The predicted molar refractivity (Wildman–Crippen MR) is 138 cm³/mol. The zero-order valence-corrected chi connectivity index (χ0v) is 20.0. The molecule has 0 fully saturated rings. The molecule has 3 aromatic carbocycles. The third-order valence-electron chi connectivity index (χ3n) is 5.02. The lowest BCUT2D eigenvalue weighted by molar-refractivity contribution is -0.385. The van der Waals surface area contributed by atoms with Crippen LogP contribution in [0.5, 0.6) is 5.75 Å². The maximum atomic E-state index is 12.5. The molecule has 0 saturated heterocycles. The van der Waals surface area contributed by atoms with E-state index in [1.165, 1.54) is 42.7 Å². The fraction of sp³-hybridized carbons (Fsp3) is 0. The highest BCUT2D eigenvalue weighted by Gasteiger charge is 2.23. The van der Waals surface area contributed by atoms with Crippen molar-refractivity contribution in [3.8, 4) is 5.75 Å². The van der Waals surface area contributed by atoms with Gasteiger partial charge in [-0.2, -0.15) is 5.10 Å². The van der Waals surface area contributed by atoms with Crippen LogP contribution in [0.4, 0.5) is 11.4 Å². The van der Waals surface area contributed by atoms with Gasteiger partial charge in [0.05, 0.1) is 17.4 Å². The smallest absolute Gasteiger partial charge is 0.379 e. The SMILES string of the molecule is O=C(N/N=C/c1cccc([N+](=O)[O-])c1OC(=O)c1ccco1)c1ccc(NC(=O)c2ccc(Cl)cc2)cc1. The normalized spacial score (nSPS) is 10.7. The molecule has 190 valence electrons. The van der Waals surface area contributed by atoms with Crippen molar-refractivity contribution in [3.63, 3.8) is 0 Å². The Morgan fingerprint density at radius 2 is 1.61 bits per heavy atom. The van der Waals surface area contributed by atoms with Crippen molar-refractivity contribution in [1.29, 1.82) is 0 Å². The minimum atomic E-state index is -0.939. The molecule has 0 unspecified atom stereocenters. The summed E-state index contributed by atoms with van der Waals surface area (Å²) in [5.41, 5.74) is 3.00. The van der Waals surface area contributed by atoms with Gasteiger partial charge in [-0.25, -0.2) is 10.2 Å². The number of halogens is 1. The van der Waals surface area contributed by atoms with Crippen LogP contribution in [0.15, 0.2) is 94.6 Å². The topological polar surface area (TPSA) is 153 Å². The number of nitrogens with zero attached hydrogens (tertiary/aromatic N) is 2. The molecule has 2 amide bonds. The second kappa shape index (κ2) is 11.6. The van der Waals surface area contributed by atoms with Crippen molar-refractivity contribution in [2.75, 3.05) is 5.32 Å². The van der Waals surface area contributed by atoms with Gasteiger partial charge < -0.3 is 14.5 Å². The molecule has 38 heavy (non-hydrogen) atoms. The van der Waals surface area contributed by atoms with Crippen LogP contribution >= 0.6 is 11.6 Å². The number of ether oxygens (including phenoxy) is 1. The summed E-state index contributed by atoms with van der Waals surface area (Å²) >= 11 is 5.83. The van der Waals surface area contributed by atoms with Crippen molar-refractivity contribution in [2.24, 2.45) is 5.10 Å². The van der Waals surface area contributed by atoms with E-state index in [0.29, 0.717) is 16.3 Å². The molecule has 11 nitrogen and oxygen atoms in total. The predicted octanol–water partition coefficient (Wildman–Crippen LogP) is 5.08. The zero-order valence-electron chi connectivity index (χ0n) is 19.3. The van der Waals surface area contributed by atoms with Crippen molar-refractivity contribution in [2.45, 2.75) is 0 Å². The zero-order chi connectivity index (χ0) is 27.1. The minimum absolute atomic E-state index is 0.0691. The van der Waals surface area contributed by atoms with Crippen molar-refractivity contribution in [3.05, 3.63) is 123 Å². The monoisotopic (exact) mass is 532 g/mol. The molecule has 1 aromatic heterocycles. The summed E-state index contributed by atoms with van der Waals surface area (Å²) in [5, 5.41) is 18.5. The summed E-state index contributed by atoms with van der Waals surface area (Å²) in [5.74, 6) is -2.38. The molecule has 0 spiro atoms. The van der Waals surface area contributed by atoms with Gasteiger partial charge in [-0.1, -0.05) is 17.7 Å². The number of hydrogen-bond acceptors (Lipinski definition) is 8. The molecular formula is C26H17ClN4O7. The fourth-order valence-corrected chi connectivity index (χ4v) is 3.30. The highest BCUT2D eigenvalue weighted by atomic mass is 35.5. The molecule has 0 bridgehead atoms. The quantitative estimate of drug-likeness (QED) is 0.105. The van der Waals surface area contributed by atoms with E-state index >= 15 is 0 Å². The molecule has 0 radical (unpaired) electrons. The molecule has 4 aromatic rings. The maximum Gasteiger partial charge on any atom is 0.379 e. The van der Waals surface area contributed by atoms with Crippen LogP contribution in [0.25, 0.3) is 0 Å². The highest BCUT2D eigenvalue weighted by Crippen LogP contribution is 2.30. The summed E-state index contributed by atoms with van der Waals surface area (Å²) in [6.45, 7) is 0. The van der Waals surface area contributed by atoms with Crippen molar-refractivity contribution in [1.82, 2.24) is 5.43 Å². The van der Waals surface area contributed by atoms with Gasteiger partial charge in [0, 0.05) is 33.5 Å². The Balaban J connectivity index is 1.42. The van der Waals surface area contributed by atoms with Crippen LogP contribution in [-0.4, -0.2) is 28.9 Å². The van der Waals surface area contributed by atoms with E-state index in [1.54, 1.807) is 36.4 Å².